The number of rotatable bonds is 10. The molecule has 0 heterocycles. The molecule has 1 aromatic carbocycles. The predicted molar refractivity (Wildman–Crippen MR) is 122 cm³/mol. The fourth-order valence-corrected chi connectivity index (χ4v) is 1.99. The second-order valence-electron chi connectivity index (χ2n) is 6.86. The lowest BCUT2D eigenvalue weighted by Gasteiger charge is -2.18. The minimum absolute atomic E-state index is 0.0126. The maximum atomic E-state index is 11.6. The van der Waals surface area contributed by atoms with Crippen LogP contribution in [0.5, 0.6) is 0 Å². The summed E-state index contributed by atoms with van der Waals surface area (Å²) in [6.45, 7) is 21.0. The summed E-state index contributed by atoms with van der Waals surface area (Å²) in [7, 11) is 0. The summed E-state index contributed by atoms with van der Waals surface area (Å²) in [4.78, 5) is 34.5. The maximum Gasteiger partial charge on any atom is 0.333 e. The van der Waals surface area contributed by atoms with Crippen LogP contribution in [-0.4, -0.2) is 37.2 Å². The Kier molecular flexibility index (Phi) is 13.0. The van der Waals surface area contributed by atoms with E-state index in [0.29, 0.717) is 0 Å². The molecule has 0 saturated carbocycles. The van der Waals surface area contributed by atoms with Gasteiger partial charge in [0.25, 0.3) is 0 Å². The molecule has 0 saturated heterocycles. The average Bonchev–Trinajstić information content (AvgIpc) is 2.72. The summed E-state index contributed by atoms with van der Waals surface area (Å²) < 4.78 is 14.9. The first-order valence-electron chi connectivity index (χ1n) is 9.74. The van der Waals surface area contributed by atoms with Crippen molar-refractivity contribution in [2.45, 2.75) is 40.2 Å². The van der Waals surface area contributed by atoms with Crippen LogP contribution in [0.2, 0.25) is 0 Å². The van der Waals surface area contributed by atoms with Crippen LogP contribution in [0.4, 0.5) is 0 Å². The van der Waals surface area contributed by atoms with Crippen molar-refractivity contribution in [1.82, 2.24) is 0 Å². The molecule has 1 unspecified atom stereocenters. The zero-order chi connectivity index (χ0) is 24.0. The first-order valence-corrected chi connectivity index (χ1v) is 9.74. The molecule has 0 N–H and O–H groups in total. The number of carbonyl (C=O) groups is 3. The molecule has 1 aromatic rings. The highest BCUT2D eigenvalue weighted by Crippen LogP contribution is 2.12. The van der Waals surface area contributed by atoms with E-state index < -0.39 is 24.0 Å². The molecule has 0 spiro atoms. The molecule has 31 heavy (non-hydrogen) atoms. The highest BCUT2D eigenvalue weighted by Gasteiger charge is 2.22. The van der Waals surface area contributed by atoms with Gasteiger partial charge < -0.3 is 14.2 Å². The van der Waals surface area contributed by atoms with Gasteiger partial charge in [-0.05, 0) is 33.3 Å². The first-order chi connectivity index (χ1) is 14.5. The second kappa shape index (κ2) is 14.6. The van der Waals surface area contributed by atoms with E-state index in [0.717, 1.165) is 5.57 Å². The van der Waals surface area contributed by atoms with Crippen molar-refractivity contribution < 1.29 is 28.6 Å². The van der Waals surface area contributed by atoms with Crippen LogP contribution in [0, 0.1) is 0 Å². The largest absolute Gasteiger partial charge is 0.463 e. The van der Waals surface area contributed by atoms with E-state index in [9.17, 15) is 14.4 Å². The van der Waals surface area contributed by atoms with Gasteiger partial charge in [0.2, 0.25) is 0 Å². The number of hydrogen-bond donors (Lipinski definition) is 0. The van der Waals surface area contributed by atoms with Crippen LogP contribution < -0.4 is 0 Å². The summed E-state index contributed by atoms with van der Waals surface area (Å²) in [5.41, 5.74) is 2.87. The van der Waals surface area contributed by atoms with Gasteiger partial charge in [-0.3, -0.25) is 0 Å². The molecule has 1 atom stereocenters. The quantitative estimate of drug-likeness (QED) is 0.302. The molecular formula is C25H32O6. The van der Waals surface area contributed by atoms with E-state index in [2.05, 4.69) is 38.4 Å². The lowest BCUT2D eigenvalue weighted by Crippen LogP contribution is -2.27. The van der Waals surface area contributed by atoms with Gasteiger partial charge in [0, 0.05) is 23.1 Å². The van der Waals surface area contributed by atoms with Gasteiger partial charge in [0.1, 0.15) is 12.7 Å². The molecule has 0 amide bonds. The minimum atomic E-state index is -0.857. The fourth-order valence-electron chi connectivity index (χ4n) is 1.99. The number of ether oxygens (including phenoxy) is 3. The molecule has 168 valence electrons. The second-order valence-corrected chi connectivity index (χ2v) is 6.86. The Morgan fingerprint density at radius 1 is 0.839 bits per heavy atom. The minimum Gasteiger partial charge on any atom is -0.463 e. The lowest BCUT2D eigenvalue weighted by atomic mass is 10.1. The molecule has 0 radical (unpaired) electrons. The van der Waals surface area contributed by atoms with E-state index in [1.54, 1.807) is 6.92 Å². The summed E-state index contributed by atoms with van der Waals surface area (Å²) in [6.07, 6.45) is -0.870. The Labute approximate surface area is 184 Å². The topological polar surface area (TPSA) is 78.9 Å². The van der Waals surface area contributed by atoms with Gasteiger partial charge in [-0.25, -0.2) is 14.4 Å². The third kappa shape index (κ3) is 12.0. The summed E-state index contributed by atoms with van der Waals surface area (Å²) in [6, 6.07) is 10.2. The highest BCUT2D eigenvalue weighted by molar-refractivity contribution is 5.89. The Balaban J connectivity index is 0.000000823. The van der Waals surface area contributed by atoms with Gasteiger partial charge in [0.15, 0.2) is 0 Å². The van der Waals surface area contributed by atoms with Crippen molar-refractivity contribution in [3.8, 4) is 0 Å². The summed E-state index contributed by atoms with van der Waals surface area (Å²) >= 11 is 0. The van der Waals surface area contributed by atoms with Crippen LogP contribution in [0.25, 0.3) is 5.57 Å². The SMILES string of the molecule is C=C(C)C(=O)OCC(CC(=C)C(=O)OCC)OC(=O)C(=C)C.C=C(C)c1ccccc1. The van der Waals surface area contributed by atoms with Crippen molar-refractivity contribution in [1.29, 1.82) is 0 Å². The fraction of sp³-hybridized carbons (Fsp3) is 0.320. The summed E-state index contributed by atoms with van der Waals surface area (Å²) in [5.74, 6) is -1.85. The van der Waals surface area contributed by atoms with E-state index in [1.807, 2.05) is 25.1 Å². The van der Waals surface area contributed by atoms with E-state index in [4.69, 9.17) is 14.2 Å². The molecule has 6 heteroatoms. The Hall–Kier alpha value is -3.41. The first kappa shape index (κ1) is 27.6. The molecule has 1 rings (SSSR count). The zero-order valence-corrected chi connectivity index (χ0v) is 18.9. The third-order valence-electron chi connectivity index (χ3n) is 3.68. The van der Waals surface area contributed by atoms with Gasteiger partial charge >= 0.3 is 17.9 Å². The van der Waals surface area contributed by atoms with Crippen LogP contribution >= 0.6 is 0 Å². The zero-order valence-electron chi connectivity index (χ0n) is 18.9. The van der Waals surface area contributed by atoms with Gasteiger partial charge in [-0.1, -0.05) is 62.2 Å². The van der Waals surface area contributed by atoms with Crippen LogP contribution in [0.15, 0.2) is 73.4 Å². The Bertz CT molecular complexity index is 820. The average molecular weight is 429 g/mol. The standard InChI is InChI=1S/C16H22O6.C9H10/c1-7-20-16(19)12(6)8-13(22-15(18)11(4)5)9-21-14(17)10(2)3;1-8(2)9-6-4-3-5-7-9/h13H,2,4,6-9H2,1,3,5H3;3-7H,1H2,2H3. The number of allylic oxidation sites excluding steroid dienone is 1. The highest BCUT2D eigenvalue weighted by atomic mass is 16.6. The predicted octanol–water partition coefficient (Wildman–Crippen LogP) is 4.82. The van der Waals surface area contributed by atoms with Crippen molar-refractivity contribution in [3.63, 3.8) is 0 Å². The number of hydrogen-bond acceptors (Lipinski definition) is 6. The van der Waals surface area contributed by atoms with E-state index in [-0.39, 0.29) is 36.4 Å². The van der Waals surface area contributed by atoms with Crippen molar-refractivity contribution >= 4 is 23.5 Å². The van der Waals surface area contributed by atoms with Gasteiger partial charge in [0.05, 0.1) is 6.61 Å². The molecule has 0 aliphatic heterocycles. The van der Waals surface area contributed by atoms with Gasteiger partial charge in [-0.2, -0.15) is 0 Å². The normalized spacial score (nSPS) is 10.5. The Morgan fingerprint density at radius 2 is 1.39 bits per heavy atom. The summed E-state index contributed by atoms with van der Waals surface area (Å²) in [5, 5.41) is 0. The Morgan fingerprint density at radius 3 is 1.81 bits per heavy atom. The van der Waals surface area contributed by atoms with Gasteiger partial charge in [-0.15, -0.1) is 0 Å². The molecule has 0 aromatic heterocycles. The van der Waals surface area contributed by atoms with Crippen LogP contribution in [0.1, 0.15) is 39.7 Å². The van der Waals surface area contributed by atoms with Crippen LogP contribution in [-0.2, 0) is 28.6 Å². The number of carbonyl (C=O) groups excluding carboxylic acids is 3. The molecule has 6 nitrogen and oxygen atoms in total. The molecular weight excluding hydrogens is 396 g/mol. The molecule has 0 aliphatic carbocycles. The molecule has 0 aliphatic rings. The number of esters is 3. The van der Waals surface area contributed by atoms with Crippen molar-refractivity contribution in [2.24, 2.45) is 0 Å². The third-order valence-corrected chi connectivity index (χ3v) is 3.68. The number of benzene rings is 1. The smallest absolute Gasteiger partial charge is 0.333 e. The monoisotopic (exact) mass is 428 g/mol. The molecule has 0 fully saturated rings. The van der Waals surface area contributed by atoms with Crippen molar-refractivity contribution in [2.75, 3.05) is 13.2 Å². The molecule has 0 bridgehead atoms. The van der Waals surface area contributed by atoms with E-state index >= 15 is 0 Å². The maximum absolute atomic E-state index is 11.6. The lowest BCUT2D eigenvalue weighted by molar-refractivity contribution is -0.154. The van der Waals surface area contributed by atoms with Crippen LogP contribution in [0.3, 0.4) is 0 Å². The van der Waals surface area contributed by atoms with E-state index in [1.165, 1.54) is 19.4 Å². The van der Waals surface area contributed by atoms with Crippen molar-refractivity contribution in [3.05, 3.63) is 78.9 Å².